The highest BCUT2D eigenvalue weighted by Gasteiger charge is 2.73. The maximum Gasteiger partial charge on any atom is 0.508 e. The monoisotopic (exact) mass is 645 g/mol. The normalized spacial score (nSPS) is 31.3. The van der Waals surface area contributed by atoms with Gasteiger partial charge in [-0.05, 0) is 48.9 Å². The van der Waals surface area contributed by atoms with Crippen molar-refractivity contribution in [3.8, 4) is 5.75 Å². The predicted octanol–water partition coefficient (Wildman–Crippen LogP) is 3.56. The summed E-state index contributed by atoms with van der Waals surface area (Å²) in [6, 6.07) is 14.6. The van der Waals surface area contributed by atoms with Crippen LogP contribution in [-0.2, 0) is 44.4 Å². The molecule has 238 valence electrons. The number of fused-ring (bicyclic) bond motifs is 5. The first-order chi connectivity index (χ1) is 20.7. The van der Waals surface area contributed by atoms with E-state index in [0.717, 1.165) is 0 Å². The Kier molecular flexibility index (Phi) is 7.54. The molecule has 2 saturated heterocycles. The van der Waals surface area contributed by atoms with Crippen LogP contribution in [0.2, 0.25) is 0 Å². The van der Waals surface area contributed by atoms with Gasteiger partial charge in [-0.1, -0.05) is 30.3 Å². The van der Waals surface area contributed by atoms with E-state index in [1.807, 2.05) is 0 Å². The second-order valence-corrected chi connectivity index (χ2v) is 12.5. The number of esters is 1. The zero-order chi connectivity index (χ0) is 31.5. The molecule has 2 aromatic rings. The molecule has 2 aliphatic carbocycles. The van der Waals surface area contributed by atoms with Gasteiger partial charge in [-0.25, -0.2) is 18.0 Å². The van der Waals surface area contributed by atoms with Gasteiger partial charge in [-0.2, -0.15) is 17.6 Å². The first-order valence-electron chi connectivity index (χ1n) is 13.6. The lowest BCUT2D eigenvalue weighted by Crippen LogP contribution is -2.55. The molecule has 0 aromatic heterocycles. The Morgan fingerprint density at radius 1 is 0.977 bits per heavy atom. The number of halogens is 4. The van der Waals surface area contributed by atoms with Crippen molar-refractivity contribution in [2.75, 3.05) is 19.8 Å². The van der Waals surface area contributed by atoms with E-state index in [0.29, 0.717) is 11.1 Å². The zero-order valence-electron chi connectivity index (χ0n) is 22.6. The van der Waals surface area contributed by atoms with Gasteiger partial charge < -0.3 is 33.0 Å². The van der Waals surface area contributed by atoms with Crippen molar-refractivity contribution in [2.45, 2.75) is 48.1 Å². The van der Waals surface area contributed by atoms with E-state index in [2.05, 4.69) is 4.74 Å². The molecule has 0 amide bonds. The van der Waals surface area contributed by atoms with E-state index in [-0.39, 0.29) is 25.4 Å². The fourth-order valence-corrected chi connectivity index (χ4v) is 6.95. The second-order valence-electron chi connectivity index (χ2n) is 11.0. The summed E-state index contributed by atoms with van der Waals surface area (Å²) in [4.78, 5) is 23.0. The summed E-state index contributed by atoms with van der Waals surface area (Å²) in [5, 5.41) is -5.79. The number of rotatable bonds is 10. The third kappa shape index (κ3) is 5.06. The van der Waals surface area contributed by atoms with Crippen LogP contribution >= 0.6 is 0 Å². The first-order valence-corrected chi connectivity index (χ1v) is 15.0. The molecular weight excluding hydrogens is 620 g/mol. The third-order valence-corrected chi connectivity index (χ3v) is 9.36. The zero-order valence-corrected chi connectivity index (χ0v) is 23.4. The molecule has 44 heavy (non-hydrogen) atoms. The molecule has 0 radical (unpaired) electrons. The molecule has 6 rings (SSSR count). The lowest BCUT2D eigenvalue weighted by molar-refractivity contribution is -0.213. The van der Waals surface area contributed by atoms with Gasteiger partial charge in [0.1, 0.15) is 19.0 Å². The van der Waals surface area contributed by atoms with E-state index < -0.39 is 88.3 Å². The topological polar surface area (TPSA) is 147 Å². The molecule has 2 heterocycles. The van der Waals surface area contributed by atoms with E-state index in [4.69, 9.17) is 23.7 Å². The van der Waals surface area contributed by atoms with Gasteiger partial charge >= 0.3 is 23.3 Å². The van der Waals surface area contributed by atoms with Crippen LogP contribution in [0, 0.1) is 17.8 Å². The maximum absolute atomic E-state index is 15.0. The van der Waals surface area contributed by atoms with Crippen molar-refractivity contribution in [1.82, 2.24) is 0 Å². The molecule has 7 atom stereocenters. The predicted molar refractivity (Wildman–Crippen MR) is 135 cm³/mol. The van der Waals surface area contributed by atoms with Crippen molar-refractivity contribution < 1.29 is 68.5 Å². The second kappa shape index (κ2) is 10.9. The van der Waals surface area contributed by atoms with Crippen molar-refractivity contribution >= 4 is 22.2 Å². The fraction of sp³-hybridized carbons (Fsp3) is 0.500. The van der Waals surface area contributed by atoms with Gasteiger partial charge in [0.15, 0.2) is 22.8 Å². The summed E-state index contributed by atoms with van der Waals surface area (Å²) in [7, 11) is -6.64. The molecule has 2 aromatic carbocycles. The fourth-order valence-electron chi connectivity index (χ4n) is 6.47. The summed E-state index contributed by atoms with van der Waals surface area (Å²) >= 11 is 0. The van der Waals surface area contributed by atoms with Crippen molar-refractivity contribution in [1.29, 1.82) is 0 Å². The van der Waals surface area contributed by atoms with Crippen molar-refractivity contribution in [3.63, 3.8) is 0 Å². The number of cyclic esters (lactones) is 2. The molecule has 2 bridgehead atoms. The number of hydrogen-bond donors (Lipinski definition) is 0. The Bertz CT molecular complexity index is 1520. The van der Waals surface area contributed by atoms with Crippen LogP contribution in [0.1, 0.15) is 24.0 Å². The average Bonchev–Trinajstić information content (AvgIpc) is 3.77. The van der Waals surface area contributed by atoms with Gasteiger partial charge in [0.05, 0.1) is 12.2 Å². The molecule has 0 N–H and O–H groups in total. The Labute approximate surface area is 248 Å². The Morgan fingerprint density at radius 2 is 1.64 bits per heavy atom. The van der Waals surface area contributed by atoms with Gasteiger partial charge in [0.25, 0.3) is 0 Å². The van der Waals surface area contributed by atoms with E-state index >= 15 is 0 Å². The molecule has 11 nitrogen and oxygen atoms in total. The van der Waals surface area contributed by atoms with Crippen LogP contribution < -0.4 is 4.74 Å². The lowest BCUT2D eigenvalue weighted by atomic mass is 9.81. The van der Waals surface area contributed by atoms with Crippen LogP contribution in [-0.4, -0.2) is 74.4 Å². The van der Waals surface area contributed by atoms with Gasteiger partial charge in [0, 0.05) is 17.0 Å². The highest BCUT2D eigenvalue weighted by atomic mass is 32.2. The SMILES string of the molecule is O=C(COc1ccc(C2(c3ccccc3)OC3C4CC(C3O2)C(C(F)(F)C(F)(F)S(=O)(=O)[O-])C4)cc1)OCC1COC(=O)O1. The molecule has 4 aliphatic rings. The average molecular weight is 646 g/mol. The highest BCUT2D eigenvalue weighted by Crippen LogP contribution is 2.63. The van der Waals surface area contributed by atoms with E-state index in [1.54, 1.807) is 42.5 Å². The molecule has 2 saturated carbocycles. The number of carbonyl (C=O) groups is 2. The molecule has 4 fully saturated rings. The summed E-state index contributed by atoms with van der Waals surface area (Å²) in [6.45, 7) is -0.713. The van der Waals surface area contributed by atoms with Gasteiger partial charge in [-0.3, -0.25) is 0 Å². The van der Waals surface area contributed by atoms with Crippen molar-refractivity contribution in [2.24, 2.45) is 17.8 Å². The quantitative estimate of drug-likeness (QED) is 0.212. The number of carbonyl (C=O) groups excluding carboxylic acids is 2. The smallest absolute Gasteiger partial charge is 0.508 e. The van der Waals surface area contributed by atoms with Crippen LogP contribution in [0.5, 0.6) is 5.75 Å². The van der Waals surface area contributed by atoms with Gasteiger partial charge in [-0.15, -0.1) is 0 Å². The van der Waals surface area contributed by atoms with Crippen LogP contribution in [0.3, 0.4) is 0 Å². The Balaban J connectivity index is 1.19. The Hall–Kier alpha value is -3.47. The van der Waals surface area contributed by atoms with E-state index in [9.17, 15) is 40.1 Å². The molecule has 0 spiro atoms. The molecule has 2 aliphatic heterocycles. The first kappa shape index (κ1) is 30.6. The Morgan fingerprint density at radius 3 is 2.27 bits per heavy atom. The minimum atomic E-state index is -6.64. The minimum Gasteiger partial charge on any atom is -0.743 e. The lowest BCUT2D eigenvalue weighted by Gasteiger charge is -2.38. The standard InChI is InChI=1S/C28H26F4O11S/c29-27(30,28(31,32)44(35,36)37)21-11-15-10-20(21)24-23(15)42-26(43-24,16-4-2-1-3-5-16)17-6-8-18(9-7-17)38-14-22(33)39-12-19-13-40-25(34)41-19/h1-9,15,19-21,23-24H,10-14H2,(H,35,36,37)/p-1. The molecule has 16 heteroatoms. The van der Waals surface area contributed by atoms with Crippen LogP contribution in [0.4, 0.5) is 22.4 Å². The third-order valence-electron chi connectivity index (χ3n) is 8.46. The number of ether oxygens (including phenoxy) is 6. The number of alkyl halides is 4. The number of benzene rings is 2. The largest absolute Gasteiger partial charge is 0.743 e. The molecule has 7 unspecified atom stereocenters. The summed E-state index contributed by atoms with van der Waals surface area (Å²) in [5.41, 5.74) is 0.893. The summed E-state index contributed by atoms with van der Waals surface area (Å²) < 4.78 is 124. The highest BCUT2D eigenvalue weighted by molar-refractivity contribution is 7.86. The van der Waals surface area contributed by atoms with Crippen molar-refractivity contribution in [3.05, 3.63) is 65.7 Å². The summed E-state index contributed by atoms with van der Waals surface area (Å²) in [5.74, 6) is -11.2. The van der Waals surface area contributed by atoms with Gasteiger partial charge in [0.2, 0.25) is 5.79 Å². The molecular formula is C28H25F4O11S-. The minimum absolute atomic E-state index is 0.0362. The van der Waals surface area contributed by atoms with Crippen LogP contribution in [0.15, 0.2) is 54.6 Å². The van der Waals surface area contributed by atoms with E-state index in [1.165, 1.54) is 12.1 Å². The summed E-state index contributed by atoms with van der Waals surface area (Å²) in [6.07, 6.45) is -3.86. The van der Waals surface area contributed by atoms with Crippen LogP contribution in [0.25, 0.3) is 0 Å². The number of hydrogen-bond acceptors (Lipinski definition) is 11. The maximum atomic E-state index is 15.0.